The van der Waals surface area contributed by atoms with Crippen LogP contribution in [0.25, 0.3) is 0 Å². The largest absolute Gasteiger partial charge is 0.478 e. The van der Waals surface area contributed by atoms with Crippen molar-refractivity contribution in [3.05, 3.63) is 47.8 Å². The zero-order valence-corrected chi connectivity index (χ0v) is 16.6. The third kappa shape index (κ3) is 5.97. The van der Waals surface area contributed by atoms with Crippen LogP contribution in [0, 0.1) is 11.7 Å². The number of carboxylic acid groups (broad SMARTS) is 2. The fourth-order valence-corrected chi connectivity index (χ4v) is 3.72. The van der Waals surface area contributed by atoms with Gasteiger partial charge in [0.25, 0.3) is 11.8 Å². The summed E-state index contributed by atoms with van der Waals surface area (Å²) in [6, 6.07) is 6.20. The molecule has 9 nitrogen and oxygen atoms in total. The lowest BCUT2D eigenvalue weighted by molar-refractivity contribution is -0.134. The maximum atomic E-state index is 12.9. The summed E-state index contributed by atoms with van der Waals surface area (Å²) in [6.07, 6.45) is 4.32. The highest BCUT2D eigenvalue weighted by Crippen LogP contribution is 2.42. The summed E-state index contributed by atoms with van der Waals surface area (Å²) >= 11 is 1.07. The van der Waals surface area contributed by atoms with Crippen LogP contribution in [0.5, 0.6) is 11.8 Å². The summed E-state index contributed by atoms with van der Waals surface area (Å²) < 4.78 is 33.0. The molecule has 2 aliphatic rings. The molecule has 2 fully saturated rings. The number of fused-ring (bicyclic) bond motifs is 2. The van der Waals surface area contributed by atoms with Gasteiger partial charge in [-0.2, -0.15) is 0 Å². The molecular weight excluding hydrogens is 417 g/mol. The number of benzene rings is 1. The highest BCUT2D eigenvalue weighted by Gasteiger charge is 2.47. The molecule has 0 amide bonds. The van der Waals surface area contributed by atoms with Crippen molar-refractivity contribution in [2.24, 2.45) is 5.92 Å². The van der Waals surface area contributed by atoms with Gasteiger partial charge >= 0.3 is 11.9 Å². The van der Waals surface area contributed by atoms with Crippen molar-refractivity contribution in [3.8, 4) is 11.8 Å². The summed E-state index contributed by atoms with van der Waals surface area (Å²) in [7, 11) is 0. The number of carboxylic acids is 2. The zero-order chi connectivity index (χ0) is 21.6. The first-order chi connectivity index (χ1) is 14.3. The molecule has 1 saturated heterocycles. The molecular formula is C19H20FN3O6S. The Morgan fingerprint density at radius 3 is 2.40 bits per heavy atom. The molecule has 4 rings (SSSR count). The number of aromatic nitrogens is 2. The molecule has 1 aromatic heterocycles. The van der Waals surface area contributed by atoms with Crippen LogP contribution in [0.3, 0.4) is 0 Å². The lowest BCUT2D eigenvalue weighted by Crippen LogP contribution is -2.45. The van der Waals surface area contributed by atoms with Gasteiger partial charge in [0.15, 0.2) is 5.72 Å². The maximum absolute atomic E-state index is 12.9. The predicted molar refractivity (Wildman–Crippen MR) is 104 cm³/mol. The van der Waals surface area contributed by atoms with E-state index in [0.29, 0.717) is 36.4 Å². The molecule has 30 heavy (non-hydrogen) atoms. The summed E-state index contributed by atoms with van der Waals surface area (Å²) in [5, 5.41) is 19.1. The van der Waals surface area contributed by atoms with Crippen molar-refractivity contribution >= 4 is 23.7 Å². The molecule has 0 radical (unpaired) electrons. The molecule has 2 atom stereocenters. The highest BCUT2D eigenvalue weighted by atomic mass is 32.1. The number of hydrogen-bond acceptors (Lipinski definition) is 8. The molecule has 2 aromatic rings. The Hall–Kier alpha value is -3.05. The minimum Gasteiger partial charge on any atom is -0.478 e. The molecule has 3 N–H and O–H groups in total. The summed E-state index contributed by atoms with van der Waals surface area (Å²) in [5.41, 5.74) is 0.576. The van der Waals surface area contributed by atoms with E-state index in [9.17, 15) is 14.0 Å². The average molecular weight is 437 g/mol. The van der Waals surface area contributed by atoms with E-state index in [4.69, 9.17) is 19.7 Å². The molecule has 2 heterocycles. The Bertz CT molecular complexity index is 893. The van der Waals surface area contributed by atoms with Gasteiger partial charge in [-0.05, 0) is 30.0 Å². The second kappa shape index (κ2) is 9.63. The van der Waals surface area contributed by atoms with Crippen molar-refractivity contribution in [1.29, 1.82) is 0 Å². The first-order valence-electron chi connectivity index (χ1n) is 9.13. The van der Waals surface area contributed by atoms with Gasteiger partial charge in [0.05, 0.1) is 11.7 Å². The number of piperidine rings is 1. The van der Waals surface area contributed by atoms with E-state index < -0.39 is 11.9 Å². The molecule has 1 aliphatic heterocycles. The van der Waals surface area contributed by atoms with Crippen molar-refractivity contribution in [2.75, 3.05) is 6.54 Å². The van der Waals surface area contributed by atoms with Gasteiger partial charge in [0.2, 0.25) is 0 Å². The normalized spacial score (nSPS) is 21.8. The van der Waals surface area contributed by atoms with E-state index in [1.54, 1.807) is 12.1 Å². The Labute approximate surface area is 175 Å². The first-order valence-corrected chi connectivity index (χ1v) is 9.86. The Morgan fingerprint density at radius 2 is 1.87 bits per heavy atom. The lowest BCUT2D eigenvalue weighted by Gasteiger charge is -2.27. The Kier molecular flexibility index (Phi) is 6.95. The van der Waals surface area contributed by atoms with Gasteiger partial charge < -0.3 is 19.7 Å². The van der Waals surface area contributed by atoms with Crippen LogP contribution in [0.1, 0.15) is 24.8 Å². The van der Waals surface area contributed by atoms with Crippen LogP contribution in [-0.4, -0.2) is 43.2 Å². The lowest BCUT2D eigenvalue weighted by atomic mass is 10.1. The fourth-order valence-electron chi connectivity index (χ4n) is 3.28. The standard InChI is InChI=1S/C15H16FN3O2S.C4H4O4/c16-12-3-1-10(2-4-12)9-20-13-14(19-22-18-13)21-15-6-5-11(7-15)8-17-15;5-3(6)1-2-4(7)8/h1-4,11,17H,5-9H2;1-2H,(H,5,6)(H,7,8)/b;2-1-. The van der Waals surface area contributed by atoms with E-state index in [0.717, 1.165) is 36.7 Å². The molecule has 2 bridgehead atoms. The summed E-state index contributed by atoms with van der Waals surface area (Å²) in [5.74, 6) is -1.22. The van der Waals surface area contributed by atoms with Crippen molar-refractivity contribution in [1.82, 2.24) is 14.1 Å². The zero-order valence-electron chi connectivity index (χ0n) is 15.8. The number of nitrogens with zero attached hydrogens (tertiary/aromatic N) is 2. The predicted octanol–water partition coefficient (Wildman–Crippen LogP) is 2.45. The minimum absolute atomic E-state index is 0.259. The van der Waals surface area contributed by atoms with E-state index in [1.165, 1.54) is 18.6 Å². The van der Waals surface area contributed by atoms with E-state index in [2.05, 4.69) is 14.1 Å². The molecule has 1 saturated carbocycles. The van der Waals surface area contributed by atoms with Gasteiger partial charge in [-0.3, -0.25) is 5.32 Å². The van der Waals surface area contributed by atoms with Gasteiger partial charge in [0, 0.05) is 31.5 Å². The summed E-state index contributed by atoms with van der Waals surface area (Å²) in [4.78, 5) is 19.1. The number of rotatable bonds is 7. The van der Waals surface area contributed by atoms with Gasteiger partial charge in [-0.15, -0.1) is 8.75 Å². The molecule has 2 unspecified atom stereocenters. The number of halogens is 1. The molecule has 160 valence electrons. The van der Waals surface area contributed by atoms with Crippen LogP contribution < -0.4 is 14.8 Å². The highest BCUT2D eigenvalue weighted by molar-refractivity contribution is 6.99. The van der Waals surface area contributed by atoms with Gasteiger partial charge in [-0.1, -0.05) is 12.1 Å². The second-order valence-electron chi connectivity index (χ2n) is 6.89. The number of hydrogen-bond donors (Lipinski definition) is 3. The van der Waals surface area contributed by atoms with Crippen LogP contribution in [0.2, 0.25) is 0 Å². The van der Waals surface area contributed by atoms with Gasteiger partial charge in [-0.25, -0.2) is 14.0 Å². The van der Waals surface area contributed by atoms with Crippen molar-refractivity contribution < 1.29 is 33.7 Å². The number of carbonyl (C=O) groups is 2. The van der Waals surface area contributed by atoms with Crippen LogP contribution in [0.15, 0.2) is 36.4 Å². The summed E-state index contributed by atoms with van der Waals surface area (Å²) in [6.45, 7) is 1.31. The number of ether oxygens (including phenoxy) is 2. The van der Waals surface area contributed by atoms with E-state index in [-0.39, 0.29) is 11.5 Å². The third-order valence-corrected chi connectivity index (χ3v) is 5.16. The topological polar surface area (TPSA) is 131 Å². The number of aliphatic carboxylic acids is 2. The second-order valence-corrected chi connectivity index (χ2v) is 7.41. The average Bonchev–Trinajstić information content (AvgIpc) is 3.43. The smallest absolute Gasteiger partial charge is 0.328 e. The fraction of sp³-hybridized carbons (Fsp3) is 0.368. The quantitative estimate of drug-likeness (QED) is 0.559. The van der Waals surface area contributed by atoms with Gasteiger partial charge in [0.1, 0.15) is 12.4 Å². The van der Waals surface area contributed by atoms with E-state index >= 15 is 0 Å². The molecule has 11 heteroatoms. The molecule has 1 aliphatic carbocycles. The minimum atomic E-state index is -1.26. The van der Waals surface area contributed by atoms with Crippen molar-refractivity contribution in [3.63, 3.8) is 0 Å². The Balaban J connectivity index is 0.000000275. The van der Waals surface area contributed by atoms with Crippen LogP contribution in [-0.2, 0) is 16.2 Å². The third-order valence-electron chi connectivity index (χ3n) is 4.67. The SMILES string of the molecule is Fc1ccc(COc2nsnc2OC23CCC(CN2)C3)cc1.O=C(O)/C=C\C(=O)O. The van der Waals surface area contributed by atoms with Crippen LogP contribution in [0.4, 0.5) is 4.39 Å². The monoisotopic (exact) mass is 437 g/mol. The number of nitrogens with one attached hydrogen (secondary N) is 1. The first kappa shape index (κ1) is 21.7. The molecule has 0 spiro atoms. The van der Waals surface area contributed by atoms with Crippen molar-refractivity contribution in [2.45, 2.75) is 31.6 Å². The Morgan fingerprint density at radius 1 is 1.20 bits per heavy atom. The van der Waals surface area contributed by atoms with Crippen LogP contribution >= 0.6 is 11.7 Å². The van der Waals surface area contributed by atoms with E-state index in [1.807, 2.05) is 0 Å². The maximum Gasteiger partial charge on any atom is 0.328 e. The molecule has 1 aromatic carbocycles.